The maximum absolute atomic E-state index is 5.86. The molecule has 0 aliphatic rings. The Morgan fingerprint density at radius 2 is 2.33 bits per heavy atom. The number of aromatic nitrogens is 3. The van der Waals surface area contributed by atoms with E-state index in [1.54, 1.807) is 29.2 Å². The second-order valence-electron chi connectivity index (χ2n) is 3.55. The Morgan fingerprint density at radius 3 is 3.06 bits per heavy atom. The van der Waals surface area contributed by atoms with Gasteiger partial charge < -0.3 is 5.32 Å². The van der Waals surface area contributed by atoms with Gasteiger partial charge in [0.05, 0.1) is 0 Å². The molecule has 0 aliphatic carbocycles. The fourth-order valence-corrected chi connectivity index (χ4v) is 3.22. The van der Waals surface area contributed by atoms with Gasteiger partial charge in [0.2, 0.25) is 0 Å². The van der Waals surface area contributed by atoms with Gasteiger partial charge in [-0.1, -0.05) is 23.4 Å². The third-order valence-corrected chi connectivity index (χ3v) is 4.31. The van der Waals surface area contributed by atoms with Crippen LogP contribution in [0.1, 0.15) is 12.2 Å². The lowest BCUT2D eigenvalue weighted by molar-refractivity contribution is 0.962. The van der Waals surface area contributed by atoms with Crippen LogP contribution in [0.2, 0.25) is 5.15 Å². The van der Waals surface area contributed by atoms with Crippen molar-refractivity contribution in [2.45, 2.75) is 17.7 Å². The lowest BCUT2D eigenvalue weighted by Gasteiger charge is -2.05. The van der Waals surface area contributed by atoms with Crippen molar-refractivity contribution in [3.63, 3.8) is 0 Å². The molecule has 2 rings (SSSR count). The maximum atomic E-state index is 5.86. The van der Waals surface area contributed by atoms with E-state index in [9.17, 15) is 0 Å². The molecule has 0 saturated heterocycles. The van der Waals surface area contributed by atoms with Crippen LogP contribution < -0.4 is 5.32 Å². The minimum atomic E-state index is 0.474. The molecule has 1 N–H and O–H groups in total. The SMILES string of the molecule is Cc1nc(Cl)cc(NCCCSc2nccs2)n1. The third-order valence-electron chi connectivity index (χ3n) is 2.07. The summed E-state index contributed by atoms with van der Waals surface area (Å²) < 4.78 is 1.12. The van der Waals surface area contributed by atoms with E-state index in [4.69, 9.17) is 11.6 Å². The Hall–Kier alpha value is -0.850. The van der Waals surface area contributed by atoms with Crippen LogP contribution >= 0.6 is 34.7 Å². The van der Waals surface area contributed by atoms with E-state index < -0.39 is 0 Å². The van der Waals surface area contributed by atoms with Crippen LogP contribution in [-0.4, -0.2) is 27.2 Å². The van der Waals surface area contributed by atoms with Crippen LogP contribution in [0.3, 0.4) is 0 Å². The Balaban J connectivity index is 1.68. The first-order valence-corrected chi connectivity index (χ1v) is 7.76. The molecule has 0 aliphatic heterocycles. The number of thiazole rings is 1. The molecule has 96 valence electrons. The molecule has 0 atom stereocenters. The van der Waals surface area contributed by atoms with E-state index in [0.29, 0.717) is 11.0 Å². The molecule has 4 nitrogen and oxygen atoms in total. The van der Waals surface area contributed by atoms with Gasteiger partial charge in [0, 0.05) is 29.9 Å². The number of thioether (sulfide) groups is 1. The van der Waals surface area contributed by atoms with Crippen molar-refractivity contribution in [1.82, 2.24) is 15.0 Å². The van der Waals surface area contributed by atoms with Gasteiger partial charge in [0.1, 0.15) is 21.1 Å². The molecule has 2 aromatic rings. The summed E-state index contributed by atoms with van der Waals surface area (Å²) >= 11 is 9.31. The highest BCUT2D eigenvalue weighted by atomic mass is 35.5. The third kappa shape index (κ3) is 4.44. The smallest absolute Gasteiger partial charge is 0.149 e. The number of aryl methyl sites for hydroxylation is 1. The number of hydrogen-bond donors (Lipinski definition) is 1. The molecule has 2 aromatic heterocycles. The quantitative estimate of drug-likeness (QED) is 0.503. The van der Waals surface area contributed by atoms with E-state index in [1.165, 1.54) is 0 Å². The summed E-state index contributed by atoms with van der Waals surface area (Å²) in [5, 5.41) is 5.71. The largest absolute Gasteiger partial charge is 0.370 e. The van der Waals surface area contributed by atoms with Gasteiger partial charge in [-0.25, -0.2) is 15.0 Å². The zero-order valence-electron chi connectivity index (χ0n) is 9.89. The maximum Gasteiger partial charge on any atom is 0.149 e. The highest BCUT2D eigenvalue weighted by molar-refractivity contribution is 8.00. The summed E-state index contributed by atoms with van der Waals surface area (Å²) in [5.74, 6) is 2.51. The summed E-state index contributed by atoms with van der Waals surface area (Å²) in [6.07, 6.45) is 2.88. The number of anilines is 1. The molecule has 0 fully saturated rings. The molecular formula is C11H13ClN4S2. The minimum absolute atomic E-state index is 0.474. The van der Waals surface area contributed by atoms with E-state index in [-0.39, 0.29) is 0 Å². The van der Waals surface area contributed by atoms with Gasteiger partial charge >= 0.3 is 0 Å². The lowest BCUT2D eigenvalue weighted by Crippen LogP contribution is -2.05. The molecule has 0 amide bonds. The lowest BCUT2D eigenvalue weighted by atomic mass is 10.4. The highest BCUT2D eigenvalue weighted by Gasteiger charge is 2.00. The van der Waals surface area contributed by atoms with Gasteiger partial charge in [-0.2, -0.15) is 0 Å². The molecule has 18 heavy (non-hydrogen) atoms. The van der Waals surface area contributed by atoms with Crippen molar-refractivity contribution in [2.24, 2.45) is 0 Å². The number of hydrogen-bond acceptors (Lipinski definition) is 6. The molecule has 0 bridgehead atoms. The molecule has 2 heterocycles. The Bertz CT molecular complexity index is 470. The first kappa shape index (κ1) is 13.6. The summed E-state index contributed by atoms with van der Waals surface area (Å²) in [6, 6.07) is 1.74. The van der Waals surface area contributed by atoms with Crippen molar-refractivity contribution >= 4 is 40.5 Å². The second kappa shape index (κ2) is 6.92. The summed E-state index contributed by atoms with van der Waals surface area (Å²) in [7, 11) is 0. The summed E-state index contributed by atoms with van der Waals surface area (Å²) in [5.41, 5.74) is 0. The zero-order chi connectivity index (χ0) is 12.8. The first-order chi connectivity index (χ1) is 8.74. The zero-order valence-corrected chi connectivity index (χ0v) is 12.3. The van der Waals surface area contributed by atoms with Crippen molar-refractivity contribution in [2.75, 3.05) is 17.6 Å². The van der Waals surface area contributed by atoms with Gasteiger partial charge in [0.25, 0.3) is 0 Å². The van der Waals surface area contributed by atoms with Crippen LogP contribution in [-0.2, 0) is 0 Å². The van der Waals surface area contributed by atoms with Crippen LogP contribution in [0.5, 0.6) is 0 Å². The van der Waals surface area contributed by atoms with Crippen LogP contribution in [0.4, 0.5) is 5.82 Å². The Morgan fingerprint density at radius 1 is 1.44 bits per heavy atom. The Kier molecular flexibility index (Phi) is 5.22. The molecular weight excluding hydrogens is 288 g/mol. The van der Waals surface area contributed by atoms with Crippen LogP contribution in [0.15, 0.2) is 22.0 Å². The predicted octanol–water partition coefficient (Wildman–Crippen LogP) is 3.49. The normalized spacial score (nSPS) is 10.6. The molecule has 0 radical (unpaired) electrons. The summed E-state index contributed by atoms with van der Waals surface area (Å²) in [4.78, 5) is 12.5. The second-order valence-corrected chi connectivity index (χ2v) is 6.17. The Labute approximate surface area is 119 Å². The van der Waals surface area contributed by atoms with E-state index in [0.717, 1.165) is 28.9 Å². The minimum Gasteiger partial charge on any atom is -0.370 e. The number of nitrogens with zero attached hydrogens (tertiary/aromatic N) is 3. The van der Waals surface area contributed by atoms with Gasteiger partial charge in [-0.15, -0.1) is 11.3 Å². The van der Waals surface area contributed by atoms with E-state index >= 15 is 0 Å². The van der Waals surface area contributed by atoms with Gasteiger partial charge in [-0.05, 0) is 13.3 Å². The highest BCUT2D eigenvalue weighted by Crippen LogP contribution is 2.20. The molecule has 7 heteroatoms. The van der Waals surface area contributed by atoms with Gasteiger partial charge in [-0.3, -0.25) is 0 Å². The standard InChI is InChI=1S/C11H13ClN4S2/c1-8-15-9(12)7-10(16-8)13-3-2-5-17-11-14-4-6-18-11/h4,6-7H,2-3,5H2,1H3,(H,13,15,16). The van der Waals surface area contributed by atoms with Crippen molar-refractivity contribution in [1.29, 1.82) is 0 Å². The monoisotopic (exact) mass is 300 g/mol. The topological polar surface area (TPSA) is 50.7 Å². The first-order valence-electron chi connectivity index (χ1n) is 5.51. The van der Waals surface area contributed by atoms with Gasteiger partial charge in [0.15, 0.2) is 0 Å². The molecule has 0 aromatic carbocycles. The van der Waals surface area contributed by atoms with Crippen molar-refractivity contribution in [3.8, 4) is 0 Å². The fourth-order valence-electron chi connectivity index (χ4n) is 1.35. The number of rotatable bonds is 6. The molecule has 0 spiro atoms. The average molecular weight is 301 g/mol. The van der Waals surface area contributed by atoms with Crippen LogP contribution in [0, 0.1) is 6.92 Å². The van der Waals surface area contributed by atoms with Crippen molar-refractivity contribution < 1.29 is 0 Å². The number of halogens is 1. The predicted molar refractivity (Wildman–Crippen MR) is 77.7 cm³/mol. The van der Waals surface area contributed by atoms with E-state index in [1.807, 2.05) is 18.5 Å². The molecule has 0 saturated carbocycles. The fraction of sp³-hybridized carbons (Fsp3) is 0.364. The van der Waals surface area contributed by atoms with Crippen LogP contribution in [0.25, 0.3) is 0 Å². The van der Waals surface area contributed by atoms with Crippen molar-refractivity contribution in [3.05, 3.63) is 28.6 Å². The number of nitrogens with one attached hydrogen (secondary N) is 1. The summed E-state index contributed by atoms with van der Waals surface area (Å²) in [6.45, 7) is 2.69. The van der Waals surface area contributed by atoms with E-state index in [2.05, 4.69) is 20.3 Å². The average Bonchev–Trinajstić information content (AvgIpc) is 2.80. The molecule has 0 unspecified atom stereocenters.